The van der Waals surface area contributed by atoms with Crippen LogP contribution in [0.5, 0.6) is 0 Å². The zero-order chi connectivity index (χ0) is 13.8. The Bertz CT molecular complexity index is 467. The minimum atomic E-state index is -0.246. The lowest BCUT2D eigenvalue weighted by molar-refractivity contribution is 0.00764. The molecule has 1 aromatic carbocycles. The lowest BCUT2D eigenvalue weighted by atomic mass is 10.1. The van der Waals surface area contributed by atoms with Gasteiger partial charge < -0.3 is 4.74 Å². The minimum Gasteiger partial charge on any atom is -0.457 e. The molecular formula is C14H17ClINO2. The van der Waals surface area contributed by atoms with Crippen LogP contribution in [0.1, 0.15) is 30.1 Å². The molecule has 1 heterocycles. The first kappa shape index (κ1) is 15.1. The molecule has 1 aliphatic rings. The Morgan fingerprint density at radius 1 is 1.58 bits per heavy atom. The number of benzene rings is 1. The Kier molecular flexibility index (Phi) is 5.47. The molecule has 0 aliphatic carbocycles. The van der Waals surface area contributed by atoms with Gasteiger partial charge in [0.1, 0.15) is 6.10 Å². The maximum absolute atomic E-state index is 12.2. The van der Waals surface area contributed by atoms with Crippen LogP contribution in [0.25, 0.3) is 0 Å². The fourth-order valence-corrected chi connectivity index (χ4v) is 3.36. The number of carbonyl (C=O) groups is 1. The van der Waals surface area contributed by atoms with Gasteiger partial charge in [-0.15, -0.1) is 0 Å². The zero-order valence-corrected chi connectivity index (χ0v) is 13.8. The van der Waals surface area contributed by atoms with Crippen LogP contribution >= 0.6 is 34.2 Å². The van der Waals surface area contributed by atoms with Crippen LogP contribution in [0.15, 0.2) is 18.2 Å². The molecule has 2 rings (SSSR count). The first-order valence-corrected chi connectivity index (χ1v) is 7.94. The summed E-state index contributed by atoms with van der Waals surface area (Å²) in [5.74, 6) is -0.246. The molecule has 0 amide bonds. The van der Waals surface area contributed by atoms with Crippen molar-refractivity contribution in [1.29, 1.82) is 0 Å². The van der Waals surface area contributed by atoms with Gasteiger partial charge in [0.05, 0.1) is 5.56 Å². The molecule has 104 valence electrons. The Hall–Kier alpha value is -0.330. The standard InChI is InChI=1S/C14H17ClINO2/c1-2-17-7-3-4-11(9-17)19-14(18)12-6-5-10(15)8-13(12)16/h5-6,8,11H,2-4,7,9H2,1H3. The van der Waals surface area contributed by atoms with E-state index in [1.54, 1.807) is 18.2 Å². The molecule has 0 saturated carbocycles. The van der Waals surface area contributed by atoms with Gasteiger partial charge >= 0.3 is 5.97 Å². The molecule has 0 N–H and O–H groups in total. The molecule has 5 heteroatoms. The number of ether oxygens (including phenoxy) is 1. The van der Waals surface area contributed by atoms with E-state index >= 15 is 0 Å². The van der Waals surface area contributed by atoms with E-state index in [1.165, 1.54) is 0 Å². The van der Waals surface area contributed by atoms with Crippen LogP contribution in [-0.2, 0) is 4.74 Å². The Morgan fingerprint density at radius 2 is 2.37 bits per heavy atom. The number of likely N-dealkylation sites (tertiary alicyclic amines) is 1. The number of esters is 1. The Labute approximate surface area is 132 Å². The zero-order valence-electron chi connectivity index (χ0n) is 10.9. The summed E-state index contributed by atoms with van der Waals surface area (Å²) in [4.78, 5) is 14.5. The molecule has 1 fully saturated rings. The maximum atomic E-state index is 12.2. The first-order chi connectivity index (χ1) is 9.10. The van der Waals surface area contributed by atoms with Crippen molar-refractivity contribution in [3.8, 4) is 0 Å². The van der Waals surface area contributed by atoms with Crippen LogP contribution in [0.3, 0.4) is 0 Å². The summed E-state index contributed by atoms with van der Waals surface area (Å²) < 4.78 is 6.43. The maximum Gasteiger partial charge on any atom is 0.339 e. The van der Waals surface area contributed by atoms with Crippen LogP contribution in [0.2, 0.25) is 5.02 Å². The number of carbonyl (C=O) groups excluding carboxylic acids is 1. The highest BCUT2D eigenvalue weighted by Gasteiger charge is 2.23. The number of hydrogen-bond donors (Lipinski definition) is 0. The monoisotopic (exact) mass is 393 g/mol. The normalized spacial score (nSPS) is 20.3. The van der Waals surface area contributed by atoms with E-state index < -0.39 is 0 Å². The number of nitrogens with zero attached hydrogens (tertiary/aromatic N) is 1. The van der Waals surface area contributed by atoms with E-state index in [4.69, 9.17) is 16.3 Å². The third kappa shape index (κ3) is 4.07. The summed E-state index contributed by atoms with van der Waals surface area (Å²) in [6.07, 6.45) is 2.04. The predicted octanol–water partition coefficient (Wildman–Crippen LogP) is 3.59. The number of likely N-dealkylation sites (N-methyl/N-ethyl adjacent to an activating group) is 1. The van der Waals surface area contributed by atoms with Gasteiger partial charge in [0.2, 0.25) is 0 Å². The SMILES string of the molecule is CCN1CCCC(OC(=O)c2ccc(Cl)cc2I)C1. The van der Waals surface area contributed by atoms with E-state index in [2.05, 4.69) is 34.4 Å². The van der Waals surface area contributed by atoms with E-state index in [-0.39, 0.29) is 12.1 Å². The molecule has 0 bridgehead atoms. The van der Waals surface area contributed by atoms with Gasteiger partial charge in [-0.25, -0.2) is 4.79 Å². The van der Waals surface area contributed by atoms with E-state index in [9.17, 15) is 4.79 Å². The summed E-state index contributed by atoms with van der Waals surface area (Å²) in [6.45, 7) is 5.08. The van der Waals surface area contributed by atoms with Gasteiger partial charge in [-0.05, 0) is 66.7 Å². The lowest BCUT2D eigenvalue weighted by Gasteiger charge is -2.31. The molecule has 0 radical (unpaired) electrons. The minimum absolute atomic E-state index is 0.00711. The fraction of sp³-hybridized carbons (Fsp3) is 0.500. The summed E-state index contributed by atoms with van der Waals surface area (Å²) in [5.41, 5.74) is 0.596. The van der Waals surface area contributed by atoms with Crippen molar-refractivity contribution in [1.82, 2.24) is 4.90 Å². The van der Waals surface area contributed by atoms with Crippen LogP contribution in [0, 0.1) is 3.57 Å². The molecule has 0 aromatic heterocycles. The Balaban J connectivity index is 2.00. The smallest absolute Gasteiger partial charge is 0.339 e. The van der Waals surface area contributed by atoms with Gasteiger partial charge in [-0.3, -0.25) is 4.90 Å². The van der Waals surface area contributed by atoms with Crippen LogP contribution in [0.4, 0.5) is 0 Å². The molecule has 19 heavy (non-hydrogen) atoms. The van der Waals surface area contributed by atoms with E-state index in [0.717, 1.165) is 36.0 Å². The van der Waals surface area contributed by atoms with Gasteiger partial charge in [0, 0.05) is 15.1 Å². The average Bonchev–Trinajstić information content (AvgIpc) is 2.38. The molecule has 0 spiro atoms. The lowest BCUT2D eigenvalue weighted by Crippen LogP contribution is -2.40. The molecule has 1 unspecified atom stereocenters. The molecular weight excluding hydrogens is 377 g/mol. The van der Waals surface area contributed by atoms with Gasteiger partial charge in [-0.2, -0.15) is 0 Å². The predicted molar refractivity (Wildman–Crippen MR) is 84.7 cm³/mol. The quantitative estimate of drug-likeness (QED) is 0.581. The van der Waals surface area contributed by atoms with Crippen LogP contribution < -0.4 is 0 Å². The highest BCUT2D eigenvalue weighted by atomic mass is 127. The fourth-order valence-electron chi connectivity index (χ4n) is 2.27. The van der Waals surface area contributed by atoms with Crippen LogP contribution in [-0.4, -0.2) is 36.6 Å². The second-order valence-corrected chi connectivity index (χ2v) is 6.29. The third-order valence-electron chi connectivity index (χ3n) is 3.33. The molecule has 1 atom stereocenters. The van der Waals surface area contributed by atoms with Crippen molar-refractivity contribution in [2.24, 2.45) is 0 Å². The number of halogens is 2. The van der Waals surface area contributed by atoms with E-state index in [0.29, 0.717) is 10.6 Å². The molecule has 1 aliphatic heterocycles. The number of hydrogen-bond acceptors (Lipinski definition) is 3. The van der Waals surface area contributed by atoms with Crippen molar-refractivity contribution < 1.29 is 9.53 Å². The summed E-state index contributed by atoms with van der Waals surface area (Å²) in [6, 6.07) is 5.23. The Morgan fingerprint density at radius 3 is 3.05 bits per heavy atom. The highest BCUT2D eigenvalue weighted by Crippen LogP contribution is 2.21. The summed E-state index contributed by atoms with van der Waals surface area (Å²) in [5, 5.41) is 0.635. The van der Waals surface area contributed by atoms with Crippen molar-refractivity contribution >= 4 is 40.2 Å². The summed E-state index contributed by atoms with van der Waals surface area (Å²) >= 11 is 8.00. The first-order valence-electron chi connectivity index (χ1n) is 6.48. The van der Waals surface area contributed by atoms with Crippen molar-refractivity contribution in [3.05, 3.63) is 32.4 Å². The van der Waals surface area contributed by atoms with Crippen molar-refractivity contribution in [2.45, 2.75) is 25.9 Å². The molecule has 3 nitrogen and oxygen atoms in total. The highest BCUT2D eigenvalue weighted by molar-refractivity contribution is 14.1. The van der Waals surface area contributed by atoms with E-state index in [1.807, 2.05) is 0 Å². The number of piperidine rings is 1. The van der Waals surface area contributed by atoms with Gasteiger partial charge in [0.25, 0.3) is 0 Å². The second kappa shape index (κ2) is 6.90. The van der Waals surface area contributed by atoms with Gasteiger partial charge in [-0.1, -0.05) is 18.5 Å². The van der Waals surface area contributed by atoms with Crippen molar-refractivity contribution in [3.63, 3.8) is 0 Å². The average molecular weight is 394 g/mol. The topological polar surface area (TPSA) is 29.5 Å². The second-order valence-electron chi connectivity index (χ2n) is 4.69. The summed E-state index contributed by atoms with van der Waals surface area (Å²) in [7, 11) is 0. The van der Waals surface area contributed by atoms with Gasteiger partial charge in [0.15, 0.2) is 0 Å². The van der Waals surface area contributed by atoms with Crippen molar-refractivity contribution in [2.75, 3.05) is 19.6 Å². The molecule has 1 saturated heterocycles. The molecule has 1 aromatic rings. The largest absolute Gasteiger partial charge is 0.457 e. The number of rotatable bonds is 3. The third-order valence-corrected chi connectivity index (χ3v) is 4.46.